The highest BCUT2D eigenvalue weighted by Gasteiger charge is 2.29. The van der Waals surface area contributed by atoms with Crippen LogP contribution in [0, 0.1) is 0 Å². The van der Waals surface area contributed by atoms with Gasteiger partial charge in [-0.1, -0.05) is 0 Å². The minimum atomic E-state index is 0.931. The Kier molecular flexibility index (Phi) is 1.66. The molecule has 2 heterocycles. The van der Waals surface area contributed by atoms with E-state index >= 15 is 0 Å². The molecule has 0 aromatic carbocycles. The lowest BCUT2D eigenvalue weighted by molar-refractivity contribution is 0.177. The predicted octanol–water partition coefficient (Wildman–Crippen LogP) is 0.396. The van der Waals surface area contributed by atoms with E-state index in [4.69, 9.17) is 0 Å². The van der Waals surface area contributed by atoms with Crippen LogP contribution >= 0.6 is 0 Å². The molecular formula is C8H16N2. The van der Waals surface area contributed by atoms with Crippen molar-refractivity contribution in [2.45, 2.75) is 18.9 Å². The normalized spacial score (nSPS) is 39.3. The summed E-state index contributed by atoms with van der Waals surface area (Å²) in [6, 6.07) is 0.931. The van der Waals surface area contributed by atoms with Gasteiger partial charge in [-0.3, -0.25) is 0 Å². The van der Waals surface area contributed by atoms with Gasteiger partial charge in [0, 0.05) is 12.6 Å². The molecule has 0 aromatic rings. The fourth-order valence-electron chi connectivity index (χ4n) is 1.53. The smallest absolute Gasteiger partial charge is 0.0232 e. The van der Waals surface area contributed by atoms with Gasteiger partial charge in [-0.15, -0.1) is 0 Å². The highest BCUT2D eigenvalue weighted by molar-refractivity contribution is 4.87. The molecule has 2 aliphatic heterocycles. The van der Waals surface area contributed by atoms with Gasteiger partial charge in [0.2, 0.25) is 0 Å². The van der Waals surface area contributed by atoms with E-state index in [1.807, 2.05) is 0 Å². The van der Waals surface area contributed by atoms with Crippen molar-refractivity contribution >= 4 is 0 Å². The average molecular weight is 140 g/mol. The Hall–Kier alpha value is -0.0800. The van der Waals surface area contributed by atoms with Crippen LogP contribution < -0.4 is 0 Å². The van der Waals surface area contributed by atoms with Crippen LogP contribution in [0.25, 0.3) is 0 Å². The highest BCUT2D eigenvalue weighted by Crippen LogP contribution is 2.18. The molecule has 2 heteroatoms. The molecule has 58 valence electrons. The van der Waals surface area contributed by atoms with Crippen molar-refractivity contribution in [2.75, 3.05) is 33.2 Å². The van der Waals surface area contributed by atoms with Crippen LogP contribution in [0.1, 0.15) is 12.8 Å². The minimum Gasteiger partial charge on any atom is -0.303 e. The quantitative estimate of drug-likeness (QED) is 0.523. The van der Waals surface area contributed by atoms with Crippen molar-refractivity contribution in [3.63, 3.8) is 0 Å². The van der Waals surface area contributed by atoms with Gasteiger partial charge in [-0.05, 0) is 39.5 Å². The second-order valence-corrected chi connectivity index (χ2v) is 3.58. The Balaban J connectivity index is 1.55. The Morgan fingerprint density at radius 2 is 2.10 bits per heavy atom. The van der Waals surface area contributed by atoms with Crippen molar-refractivity contribution in [1.29, 1.82) is 0 Å². The van der Waals surface area contributed by atoms with Gasteiger partial charge < -0.3 is 9.80 Å². The highest BCUT2D eigenvalue weighted by atomic mass is 15.3. The zero-order chi connectivity index (χ0) is 6.97. The van der Waals surface area contributed by atoms with Crippen LogP contribution in [0.3, 0.4) is 0 Å². The molecule has 0 aliphatic carbocycles. The van der Waals surface area contributed by atoms with E-state index in [9.17, 15) is 0 Å². The molecule has 0 bridgehead atoms. The van der Waals surface area contributed by atoms with Crippen molar-refractivity contribution in [3.05, 3.63) is 0 Å². The van der Waals surface area contributed by atoms with E-state index in [0.717, 1.165) is 6.04 Å². The van der Waals surface area contributed by atoms with Gasteiger partial charge in [0.1, 0.15) is 0 Å². The predicted molar refractivity (Wildman–Crippen MR) is 42.1 cm³/mol. The van der Waals surface area contributed by atoms with Crippen LogP contribution in [0.5, 0.6) is 0 Å². The molecule has 0 aromatic heterocycles. The SMILES string of the molecule is CN1CC1CCN1CCC1. The van der Waals surface area contributed by atoms with E-state index in [1.54, 1.807) is 0 Å². The maximum Gasteiger partial charge on any atom is 0.0232 e. The minimum absolute atomic E-state index is 0.931. The molecule has 2 saturated heterocycles. The first-order valence-corrected chi connectivity index (χ1v) is 4.29. The first-order chi connectivity index (χ1) is 4.86. The lowest BCUT2D eigenvalue weighted by Gasteiger charge is -2.30. The number of rotatable bonds is 3. The summed E-state index contributed by atoms with van der Waals surface area (Å²) in [5, 5.41) is 0. The number of hydrogen-bond donors (Lipinski definition) is 0. The largest absolute Gasteiger partial charge is 0.303 e. The second kappa shape index (κ2) is 2.51. The fraction of sp³-hybridized carbons (Fsp3) is 1.00. The molecule has 2 atom stereocenters. The summed E-state index contributed by atoms with van der Waals surface area (Å²) in [7, 11) is 2.21. The molecular weight excluding hydrogens is 124 g/mol. The number of likely N-dealkylation sites (N-methyl/N-ethyl adjacent to an activating group) is 1. The van der Waals surface area contributed by atoms with Crippen LogP contribution in [0.2, 0.25) is 0 Å². The first kappa shape index (κ1) is 6.62. The molecule has 2 rings (SSSR count). The average Bonchev–Trinajstić information content (AvgIpc) is 2.43. The second-order valence-electron chi connectivity index (χ2n) is 3.58. The molecule has 2 nitrogen and oxygen atoms in total. The first-order valence-electron chi connectivity index (χ1n) is 4.29. The summed E-state index contributed by atoms with van der Waals surface area (Å²) < 4.78 is 0. The van der Waals surface area contributed by atoms with Crippen molar-refractivity contribution < 1.29 is 0 Å². The third-order valence-electron chi connectivity index (χ3n) is 2.72. The Morgan fingerprint density at radius 1 is 1.40 bits per heavy atom. The Bertz CT molecular complexity index is 116. The summed E-state index contributed by atoms with van der Waals surface area (Å²) in [6.45, 7) is 5.40. The summed E-state index contributed by atoms with van der Waals surface area (Å²) in [5.74, 6) is 0. The summed E-state index contributed by atoms with van der Waals surface area (Å²) in [5.41, 5.74) is 0. The molecule has 2 fully saturated rings. The lowest BCUT2D eigenvalue weighted by atomic mass is 10.2. The summed E-state index contributed by atoms with van der Waals surface area (Å²) >= 11 is 0. The van der Waals surface area contributed by atoms with E-state index < -0.39 is 0 Å². The molecule has 0 amide bonds. The molecule has 0 N–H and O–H groups in total. The van der Waals surface area contributed by atoms with Crippen molar-refractivity contribution in [2.24, 2.45) is 0 Å². The van der Waals surface area contributed by atoms with E-state index in [0.29, 0.717) is 0 Å². The standard InChI is InChI=1S/C8H16N2/c1-9-7-8(9)3-6-10-4-2-5-10/h8H,2-7H2,1H3. The van der Waals surface area contributed by atoms with Crippen molar-refractivity contribution in [3.8, 4) is 0 Å². The van der Waals surface area contributed by atoms with Gasteiger partial charge in [-0.25, -0.2) is 0 Å². The number of nitrogens with zero attached hydrogens (tertiary/aromatic N) is 2. The third kappa shape index (κ3) is 1.32. The van der Waals surface area contributed by atoms with Crippen LogP contribution in [0.15, 0.2) is 0 Å². The molecule has 2 unspecified atom stereocenters. The van der Waals surface area contributed by atoms with Crippen LogP contribution in [-0.4, -0.2) is 49.1 Å². The maximum atomic E-state index is 2.55. The zero-order valence-electron chi connectivity index (χ0n) is 6.71. The molecule has 0 radical (unpaired) electrons. The van der Waals surface area contributed by atoms with Crippen LogP contribution in [-0.2, 0) is 0 Å². The van der Waals surface area contributed by atoms with Crippen molar-refractivity contribution in [1.82, 2.24) is 9.80 Å². The van der Waals surface area contributed by atoms with E-state index in [2.05, 4.69) is 16.8 Å². The maximum absolute atomic E-state index is 2.55. The topological polar surface area (TPSA) is 6.25 Å². The Morgan fingerprint density at radius 3 is 2.50 bits per heavy atom. The van der Waals surface area contributed by atoms with Gasteiger partial charge in [-0.2, -0.15) is 0 Å². The monoisotopic (exact) mass is 140 g/mol. The fourth-order valence-corrected chi connectivity index (χ4v) is 1.53. The number of likely N-dealkylation sites (tertiary alicyclic amines) is 1. The number of hydrogen-bond acceptors (Lipinski definition) is 2. The molecule has 2 aliphatic rings. The van der Waals surface area contributed by atoms with E-state index in [-0.39, 0.29) is 0 Å². The van der Waals surface area contributed by atoms with Crippen LogP contribution in [0.4, 0.5) is 0 Å². The lowest BCUT2D eigenvalue weighted by Crippen LogP contribution is -2.38. The third-order valence-corrected chi connectivity index (χ3v) is 2.72. The van der Waals surface area contributed by atoms with Gasteiger partial charge >= 0.3 is 0 Å². The zero-order valence-corrected chi connectivity index (χ0v) is 6.71. The van der Waals surface area contributed by atoms with Gasteiger partial charge in [0.15, 0.2) is 0 Å². The van der Waals surface area contributed by atoms with Gasteiger partial charge in [0.25, 0.3) is 0 Å². The molecule has 0 saturated carbocycles. The van der Waals surface area contributed by atoms with Gasteiger partial charge in [0.05, 0.1) is 0 Å². The van der Waals surface area contributed by atoms with E-state index in [1.165, 1.54) is 39.0 Å². The molecule has 0 spiro atoms. The summed E-state index contributed by atoms with van der Waals surface area (Å²) in [6.07, 6.45) is 2.83. The molecule has 10 heavy (non-hydrogen) atoms. The Labute approximate surface area is 62.8 Å². The summed E-state index contributed by atoms with van der Waals surface area (Å²) in [4.78, 5) is 4.96.